The number of amides is 4. The highest BCUT2D eigenvalue weighted by molar-refractivity contribution is 7.18. The maximum absolute atomic E-state index is 13.3. The van der Waals surface area contributed by atoms with Crippen LogP contribution in [0.3, 0.4) is 0 Å². The summed E-state index contributed by atoms with van der Waals surface area (Å²) in [5, 5.41) is 34.3. The fourth-order valence-electron chi connectivity index (χ4n) is 8.56. The Balaban J connectivity index is 0.770. The van der Waals surface area contributed by atoms with Crippen molar-refractivity contribution in [3.05, 3.63) is 71.5 Å². The van der Waals surface area contributed by atoms with E-state index in [1.807, 2.05) is 36.5 Å². The van der Waals surface area contributed by atoms with Crippen LogP contribution in [0.4, 0.5) is 16.5 Å². The van der Waals surface area contributed by atoms with Crippen LogP contribution in [0.1, 0.15) is 78.7 Å². The molecule has 8 heterocycles. The molecule has 0 bridgehead atoms. The van der Waals surface area contributed by atoms with Gasteiger partial charge in [0.05, 0.1) is 45.4 Å². The van der Waals surface area contributed by atoms with Crippen LogP contribution < -0.4 is 25.8 Å². The van der Waals surface area contributed by atoms with Gasteiger partial charge in [0.1, 0.15) is 12.1 Å². The van der Waals surface area contributed by atoms with E-state index in [0.29, 0.717) is 28.7 Å². The molecule has 4 amide bonds. The molecule has 16 nitrogen and oxygen atoms in total. The number of hydrogen-bond donors (Lipinski definition) is 3. The van der Waals surface area contributed by atoms with E-state index in [0.717, 1.165) is 107 Å². The number of fused-ring (bicyclic) bond motifs is 2. The molecule has 1 aromatic carbocycles. The highest BCUT2D eigenvalue weighted by Crippen LogP contribution is 2.37. The predicted octanol–water partition coefficient (Wildman–Crippen LogP) is 4.48. The third kappa shape index (κ3) is 7.49. The normalized spacial score (nSPS) is 19.2. The van der Waals surface area contributed by atoms with E-state index in [2.05, 4.69) is 61.0 Å². The second kappa shape index (κ2) is 15.8. The Morgan fingerprint density at radius 3 is 2.42 bits per heavy atom. The average Bonchev–Trinajstić information content (AvgIpc) is 3.97. The molecule has 0 spiro atoms. The first-order valence-electron chi connectivity index (χ1n) is 20.2. The summed E-state index contributed by atoms with van der Waals surface area (Å²) in [5.41, 5.74) is 6.25. The first-order chi connectivity index (χ1) is 28.6. The number of carbonyl (C=O) groups excluding carboxylic acids is 4. The third-order valence-corrected chi connectivity index (χ3v) is 12.8. The van der Waals surface area contributed by atoms with Crippen LogP contribution in [0.25, 0.3) is 27.5 Å². The Morgan fingerprint density at radius 2 is 1.66 bits per heavy atom. The molecule has 3 N–H and O–H groups in total. The standard InChI is InChI=1S/C42H44N12O4S/c1-24(2)47-33-19-34(35-6-4-29-17-26(20-43)22-46-54(29)35)45-23-32(33)39-49-50-42(59-39)52-15-11-27(12-16-52)44-21-25-9-13-51(14-10-25)28-3-5-30-31(18-28)41(58)53(40(30)57)36-7-8-37(55)48-38(36)56/h3-6,17-19,22-25,27,36,44H,7-16,21H2,1-2H3,(H,45,47)(H,48,55,56). The van der Waals surface area contributed by atoms with E-state index in [1.54, 1.807) is 34.2 Å². The van der Waals surface area contributed by atoms with Gasteiger partial charge in [-0.05, 0) is 101 Å². The van der Waals surface area contributed by atoms with Crippen LogP contribution in [0, 0.1) is 17.2 Å². The zero-order valence-corrected chi connectivity index (χ0v) is 33.7. The van der Waals surface area contributed by atoms with Gasteiger partial charge < -0.3 is 20.4 Å². The van der Waals surface area contributed by atoms with Crippen molar-refractivity contribution in [1.82, 2.24) is 40.3 Å². The lowest BCUT2D eigenvalue weighted by atomic mass is 9.95. The molecule has 3 fully saturated rings. The van der Waals surface area contributed by atoms with Crippen molar-refractivity contribution in [3.63, 3.8) is 0 Å². The zero-order valence-electron chi connectivity index (χ0n) is 32.8. The summed E-state index contributed by atoms with van der Waals surface area (Å²) in [5.74, 6) is -1.42. The molecule has 0 aliphatic carbocycles. The molecule has 9 rings (SSSR count). The highest BCUT2D eigenvalue weighted by atomic mass is 32.1. The van der Waals surface area contributed by atoms with Crippen LogP contribution in [0.2, 0.25) is 0 Å². The molecule has 4 aromatic heterocycles. The number of anilines is 3. The highest BCUT2D eigenvalue weighted by Gasteiger charge is 2.45. The van der Waals surface area contributed by atoms with E-state index < -0.39 is 23.8 Å². The Labute approximate surface area is 344 Å². The molecule has 59 heavy (non-hydrogen) atoms. The van der Waals surface area contributed by atoms with Gasteiger partial charge in [0, 0.05) is 62.3 Å². The number of piperidine rings is 3. The first kappa shape index (κ1) is 38.3. The Morgan fingerprint density at radius 1 is 0.881 bits per heavy atom. The second-order valence-corrected chi connectivity index (χ2v) is 16.9. The largest absolute Gasteiger partial charge is 0.382 e. The maximum atomic E-state index is 13.3. The molecule has 1 unspecified atom stereocenters. The first-order valence-corrected chi connectivity index (χ1v) is 21.0. The van der Waals surface area contributed by atoms with E-state index in [1.165, 1.54) is 0 Å². The van der Waals surface area contributed by atoms with Crippen molar-refractivity contribution >= 4 is 57.0 Å². The maximum Gasteiger partial charge on any atom is 0.262 e. The second-order valence-electron chi connectivity index (χ2n) is 16.0. The van der Waals surface area contributed by atoms with Crippen molar-refractivity contribution in [3.8, 4) is 28.0 Å². The molecular weight excluding hydrogens is 769 g/mol. The minimum atomic E-state index is -0.969. The van der Waals surface area contributed by atoms with Crippen molar-refractivity contribution in [2.75, 3.05) is 47.8 Å². The molecule has 0 radical (unpaired) electrons. The number of benzene rings is 1. The van der Waals surface area contributed by atoms with E-state index in [9.17, 15) is 24.4 Å². The summed E-state index contributed by atoms with van der Waals surface area (Å²) < 4.78 is 1.79. The van der Waals surface area contributed by atoms with Crippen molar-refractivity contribution in [1.29, 1.82) is 5.26 Å². The van der Waals surface area contributed by atoms with Crippen LogP contribution >= 0.6 is 11.3 Å². The van der Waals surface area contributed by atoms with Crippen molar-refractivity contribution < 1.29 is 19.2 Å². The van der Waals surface area contributed by atoms with Crippen LogP contribution in [0.5, 0.6) is 0 Å². The van der Waals surface area contributed by atoms with E-state index in [-0.39, 0.29) is 24.8 Å². The fraction of sp³-hybridized carbons (Fsp3) is 0.405. The van der Waals surface area contributed by atoms with Gasteiger partial charge in [-0.3, -0.25) is 34.4 Å². The number of aromatic nitrogens is 5. The smallest absolute Gasteiger partial charge is 0.262 e. The van der Waals surface area contributed by atoms with E-state index >= 15 is 0 Å². The van der Waals surface area contributed by atoms with Gasteiger partial charge in [-0.2, -0.15) is 10.4 Å². The van der Waals surface area contributed by atoms with Gasteiger partial charge >= 0.3 is 0 Å². The Kier molecular flexibility index (Phi) is 10.3. The van der Waals surface area contributed by atoms with Gasteiger partial charge in [0.25, 0.3) is 11.8 Å². The number of rotatable bonds is 10. The number of nitrogens with zero attached hydrogens (tertiary/aromatic N) is 9. The SMILES string of the molecule is CC(C)Nc1cc(-c2ccc3cc(C#N)cnn23)ncc1-c1nnc(N2CCC(NCC3CCN(c4ccc5c(c4)C(=O)N(C4CCC(=O)NC4=O)C5=O)CC3)CC2)s1. The number of hydrogen-bond acceptors (Lipinski definition) is 14. The molecule has 1 atom stereocenters. The van der Waals surface area contributed by atoms with Gasteiger partial charge in [0.15, 0.2) is 5.01 Å². The zero-order chi connectivity index (χ0) is 40.8. The van der Waals surface area contributed by atoms with Gasteiger partial charge in [-0.15, -0.1) is 10.2 Å². The summed E-state index contributed by atoms with van der Waals surface area (Å²) in [4.78, 5) is 61.0. The van der Waals surface area contributed by atoms with Crippen LogP contribution in [-0.4, -0.2) is 104 Å². The Hall–Kier alpha value is -6.25. The minimum absolute atomic E-state index is 0.0948. The summed E-state index contributed by atoms with van der Waals surface area (Å²) in [7, 11) is 0. The molecule has 5 aromatic rings. The summed E-state index contributed by atoms with van der Waals surface area (Å²) in [6.45, 7) is 8.62. The number of carbonyl (C=O) groups is 4. The molecule has 0 saturated carbocycles. The Bertz CT molecular complexity index is 2510. The molecule has 4 aliphatic rings. The molecule has 302 valence electrons. The van der Waals surface area contributed by atoms with Crippen molar-refractivity contribution in [2.24, 2.45) is 5.92 Å². The summed E-state index contributed by atoms with van der Waals surface area (Å²) >= 11 is 1.58. The van der Waals surface area contributed by atoms with Crippen LogP contribution in [-0.2, 0) is 9.59 Å². The lowest BCUT2D eigenvalue weighted by Gasteiger charge is -2.36. The average molecular weight is 813 g/mol. The quantitative estimate of drug-likeness (QED) is 0.167. The number of nitriles is 1. The van der Waals surface area contributed by atoms with Crippen LogP contribution in [0.15, 0.2) is 54.9 Å². The predicted molar refractivity (Wildman–Crippen MR) is 222 cm³/mol. The lowest BCUT2D eigenvalue weighted by Crippen LogP contribution is -2.54. The summed E-state index contributed by atoms with van der Waals surface area (Å²) in [6, 6.07) is 14.9. The minimum Gasteiger partial charge on any atom is -0.382 e. The number of imide groups is 2. The number of pyridine rings is 1. The third-order valence-electron chi connectivity index (χ3n) is 11.7. The molecule has 17 heteroatoms. The van der Waals surface area contributed by atoms with Gasteiger partial charge in [0.2, 0.25) is 16.9 Å². The monoisotopic (exact) mass is 812 g/mol. The number of nitrogens with one attached hydrogen (secondary N) is 3. The van der Waals surface area contributed by atoms with Gasteiger partial charge in [-0.25, -0.2) is 4.52 Å². The topological polar surface area (TPSA) is 194 Å². The molecule has 4 aliphatic heterocycles. The van der Waals surface area contributed by atoms with E-state index in [4.69, 9.17) is 4.98 Å². The van der Waals surface area contributed by atoms with Gasteiger partial charge in [-0.1, -0.05) is 11.3 Å². The molecule has 3 saturated heterocycles. The van der Waals surface area contributed by atoms with Crippen molar-refractivity contribution in [2.45, 2.75) is 70.5 Å². The summed E-state index contributed by atoms with van der Waals surface area (Å²) in [6.07, 6.45) is 7.69. The lowest BCUT2D eigenvalue weighted by molar-refractivity contribution is -0.136. The fourth-order valence-corrected chi connectivity index (χ4v) is 9.48. The molecular formula is C42H44N12O4S.